The molecule has 17 aromatic rings. The number of methoxy groups -OCH3 is 1. The number of rotatable bonds is 11. The molecule has 670 valence electrons. The Labute approximate surface area is 759 Å². The lowest BCUT2D eigenvalue weighted by Crippen LogP contribution is -2.54. The molecule has 29 heteroatoms. The zero-order chi connectivity index (χ0) is 90.7. The van der Waals surface area contributed by atoms with E-state index in [1.54, 1.807) is 37.8 Å². The van der Waals surface area contributed by atoms with Gasteiger partial charge >= 0.3 is 28.1 Å². The van der Waals surface area contributed by atoms with Crippen LogP contribution in [0.2, 0.25) is 0 Å². The van der Waals surface area contributed by atoms with E-state index >= 15 is 0 Å². The molecule has 0 spiro atoms. The van der Waals surface area contributed by atoms with Crippen molar-refractivity contribution in [3.8, 4) is 61.8 Å². The van der Waals surface area contributed by atoms with E-state index in [9.17, 15) is 24.0 Å². The van der Waals surface area contributed by atoms with E-state index in [0.29, 0.717) is 97.2 Å². The number of imidazole rings is 2. The van der Waals surface area contributed by atoms with Gasteiger partial charge in [0.05, 0.1) is 46.3 Å². The maximum atomic E-state index is 12.8. The SMILES string of the molecule is COc1cc(-c2cc3ccc(N4CCN(C)CC4)cc3oc2=O)ccn1.C[C@@H]1CN(c2ccc3cc(-c4cn5ccsc5n4)c(=O)oc3c2)C[C@H](C)N1.Cc1ccc(-c2cc3ccc(N4CCN(C)CC4)cc3oc2=O)cn1.Cc1ccc(-c2cc3ccc(N4CCNCC4)cc3oc2=O)cn1.Cc1cccn2cc(-c3cc4ccc(N5C[C@H](C)NC[C@H]5C)cc4oc3=O)nc12. The number of fused-ring (bicyclic) bond motifs is 7. The van der Waals surface area contributed by atoms with Gasteiger partial charge in [-0.3, -0.25) is 14.4 Å². The molecule has 17 heterocycles. The number of likely N-dealkylation sites (N-methyl/N-ethyl adjacent to an activating group) is 2. The van der Waals surface area contributed by atoms with E-state index in [2.05, 4.69) is 147 Å². The van der Waals surface area contributed by atoms with Crippen LogP contribution in [0.4, 0.5) is 28.4 Å². The Hall–Kier alpha value is -13.9. The molecule has 0 bridgehead atoms. The Bertz CT molecular complexity index is 7310. The second-order valence-electron chi connectivity index (χ2n) is 34.6. The third-order valence-corrected chi connectivity index (χ3v) is 25.6. The molecule has 0 unspecified atom stereocenters. The zero-order valence-corrected chi connectivity index (χ0v) is 75.9. The molecule has 0 radical (unpaired) electrons. The first-order chi connectivity index (χ1) is 63.5. The summed E-state index contributed by atoms with van der Waals surface area (Å²) in [5, 5.41) is 16.9. The summed E-state index contributed by atoms with van der Waals surface area (Å²) in [6.07, 6.45) is 12.6. The van der Waals surface area contributed by atoms with Gasteiger partial charge in [0.2, 0.25) is 5.88 Å². The second kappa shape index (κ2) is 38.4. The molecule has 0 aliphatic carbocycles. The molecule has 5 aromatic carbocycles. The normalized spacial score (nSPS) is 17.4. The Kier molecular flexibility index (Phi) is 25.7. The molecule has 5 aliphatic rings. The molecule has 12 aromatic heterocycles. The van der Waals surface area contributed by atoms with Crippen LogP contribution in [-0.2, 0) is 0 Å². The van der Waals surface area contributed by atoms with E-state index in [-0.39, 0.29) is 28.1 Å². The average Bonchev–Trinajstić information content (AvgIpc) is 1.68. The number of hydrogen-bond acceptors (Lipinski definition) is 27. The maximum Gasteiger partial charge on any atom is 0.345 e. The first-order valence-corrected chi connectivity index (χ1v) is 45.4. The molecule has 5 fully saturated rings. The van der Waals surface area contributed by atoms with Gasteiger partial charge < -0.3 is 81.5 Å². The van der Waals surface area contributed by atoms with Gasteiger partial charge in [-0.1, -0.05) is 18.2 Å². The number of ether oxygens (including phenoxy) is 1. The lowest BCUT2D eigenvalue weighted by Gasteiger charge is -2.39. The summed E-state index contributed by atoms with van der Waals surface area (Å²) in [7, 11) is 5.82. The molecule has 5 saturated heterocycles. The highest BCUT2D eigenvalue weighted by Gasteiger charge is 2.27. The van der Waals surface area contributed by atoms with Gasteiger partial charge in [0.1, 0.15) is 33.6 Å². The van der Waals surface area contributed by atoms with Crippen LogP contribution in [0.15, 0.2) is 265 Å². The van der Waals surface area contributed by atoms with Crippen LogP contribution in [0, 0.1) is 20.8 Å². The van der Waals surface area contributed by atoms with Crippen molar-refractivity contribution in [2.75, 3.05) is 150 Å². The molecular formula is C102H105N17O11S. The number of hydrogen-bond donors (Lipinski definition) is 3. The predicted molar refractivity (Wildman–Crippen MR) is 522 cm³/mol. The molecule has 0 amide bonds. The summed E-state index contributed by atoms with van der Waals surface area (Å²) in [6.45, 7) is 30.3. The van der Waals surface area contributed by atoms with Gasteiger partial charge in [-0.05, 0) is 189 Å². The Balaban J connectivity index is 0.000000110. The lowest BCUT2D eigenvalue weighted by atomic mass is 10.1. The predicted octanol–water partition coefficient (Wildman–Crippen LogP) is 15.1. The van der Waals surface area contributed by atoms with Gasteiger partial charge in [-0.25, -0.2) is 38.9 Å². The van der Waals surface area contributed by atoms with Crippen molar-refractivity contribution in [2.24, 2.45) is 0 Å². The minimum Gasteiger partial charge on any atom is -0.481 e. The largest absolute Gasteiger partial charge is 0.481 e. The lowest BCUT2D eigenvalue weighted by molar-refractivity contribution is 0.313. The van der Waals surface area contributed by atoms with Crippen LogP contribution in [0.1, 0.15) is 44.6 Å². The smallest absolute Gasteiger partial charge is 0.345 e. The third kappa shape index (κ3) is 19.8. The Morgan fingerprint density at radius 1 is 0.420 bits per heavy atom. The van der Waals surface area contributed by atoms with Crippen LogP contribution in [0.25, 0.3) is 121 Å². The monoisotopic (exact) mass is 1780 g/mol. The third-order valence-electron chi connectivity index (χ3n) is 24.9. The summed E-state index contributed by atoms with van der Waals surface area (Å²) in [5.41, 5.74) is 16.7. The Morgan fingerprint density at radius 2 is 0.855 bits per heavy atom. The molecule has 4 atom stereocenters. The van der Waals surface area contributed by atoms with Crippen LogP contribution < -0.4 is 73.3 Å². The fourth-order valence-electron chi connectivity index (χ4n) is 17.5. The number of thiazole rings is 1. The van der Waals surface area contributed by atoms with Gasteiger partial charge in [-0.15, -0.1) is 11.3 Å². The summed E-state index contributed by atoms with van der Waals surface area (Å²) in [5.74, 6) is 0.465. The molecule has 0 saturated carbocycles. The number of nitrogens with zero attached hydrogens (tertiary/aromatic N) is 14. The highest BCUT2D eigenvalue weighted by molar-refractivity contribution is 7.15. The standard InChI is InChI=1S/C23H24N4O2.C20H20N4O2S.C20H21N3O3.C20H21N3O2.C19H19N3O2/c1-14-5-4-8-26-13-20(25-22(14)26)19-9-17-6-7-18(10-21(17)29-23(19)28)27-12-15(2)24-11-16(27)3;1-12-9-24(10-13(2)21-12)15-4-3-14-7-16(19(25)26-18(14)8-15)17-11-23-5-6-27-20(23)22-17;1-22-7-9-23(10-8-22)16-4-3-15-11-17(20(24)26-18(15)13-16)14-5-6-21-19(12-14)25-2;1-14-3-4-16(13-21-14)18-11-15-5-6-17(12-19(15)25-20(18)24)23-9-7-22(2)8-10-23;1-13-2-3-15(12-21-13)17-10-14-4-5-16(11-18(14)24-19(17)23)22-8-6-20-7-9-22/h4-10,13,15-16,24H,11-12H2,1-3H3;3-8,11-13,21H,9-10H2,1-2H3;3-6,11-13H,7-10H2,1-2H3;3-6,11-13H,7-10H2,1-2H3;2-5,10-12,20H,6-9H2,1H3/t15-,16+;12-,13+;;;/m0..../s1. The van der Waals surface area contributed by atoms with Gasteiger partial charge in [0.25, 0.3) is 0 Å². The number of anilines is 5. The van der Waals surface area contributed by atoms with E-state index in [1.807, 2.05) is 187 Å². The number of aromatic nitrogens is 7. The van der Waals surface area contributed by atoms with Gasteiger partial charge in [0, 0.05) is 292 Å². The van der Waals surface area contributed by atoms with E-state index < -0.39 is 0 Å². The first-order valence-electron chi connectivity index (χ1n) is 44.5. The Morgan fingerprint density at radius 3 is 1.32 bits per heavy atom. The van der Waals surface area contributed by atoms with Crippen LogP contribution in [0.5, 0.6) is 5.88 Å². The van der Waals surface area contributed by atoms with Crippen LogP contribution >= 0.6 is 11.3 Å². The maximum absolute atomic E-state index is 12.8. The molecule has 3 N–H and O–H groups in total. The average molecular weight is 1780 g/mol. The topological polar surface area (TPSA) is 292 Å². The molecule has 28 nitrogen and oxygen atoms in total. The molecule has 131 heavy (non-hydrogen) atoms. The molecule has 5 aliphatic heterocycles. The van der Waals surface area contributed by atoms with E-state index in [4.69, 9.17) is 26.8 Å². The van der Waals surface area contributed by atoms with E-state index in [1.165, 1.54) is 11.3 Å². The minimum absolute atomic E-state index is 0.325. The van der Waals surface area contributed by atoms with Crippen molar-refractivity contribution in [1.82, 2.24) is 59.5 Å². The fraction of sp³-hybridized carbons (Fsp3) is 0.294. The quantitative estimate of drug-likeness (QED) is 0.101. The van der Waals surface area contributed by atoms with Crippen molar-refractivity contribution in [3.63, 3.8) is 0 Å². The van der Waals surface area contributed by atoms with Gasteiger partial charge in [-0.2, -0.15) is 0 Å². The fourth-order valence-corrected chi connectivity index (χ4v) is 18.2. The number of piperazine rings is 5. The van der Waals surface area contributed by atoms with Crippen molar-refractivity contribution < 1.29 is 26.8 Å². The highest BCUT2D eigenvalue weighted by Crippen LogP contribution is 2.34. The summed E-state index contributed by atoms with van der Waals surface area (Å²) in [6, 6.07) is 56.5. The van der Waals surface area contributed by atoms with Crippen molar-refractivity contribution in [1.29, 1.82) is 0 Å². The second-order valence-corrected chi connectivity index (χ2v) is 35.5. The number of pyridine rings is 4. The van der Waals surface area contributed by atoms with Crippen molar-refractivity contribution >= 4 is 105 Å². The van der Waals surface area contributed by atoms with Gasteiger partial charge in [0.15, 0.2) is 4.96 Å². The van der Waals surface area contributed by atoms with Crippen molar-refractivity contribution in [2.45, 2.75) is 72.6 Å². The molecular weight excluding hydrogens is 1670 g/mol. The summed E-state index contributed by atoms with van der Waals surface area (Å²) in [4.78, 5) is 102. The minimum atomic E-state index is -0.363. The number of benzene rings is 5. The number of nitrogens with one attached hydrogen (secondary N) is 3. The number of aryl methyl sites for hydroxylation is 3. The van der Waals surface area contributed by atoms with E-state index in [0.717, 1.165) is 204 Å². The summed E-state index contributed by atoms with van der Waals surface area (Å²) < 4.78 is 37.2. The van der Waals surface area contributed by atoms with Crippen molar-refractivity contribution in [3.05, 3.63) is 288 Å². The molecule has 22 rings (SSSR count). The van der Waals surface area contributed by atoms with Crippen LogP contribution in [0.3, 0.4) is 0 Å². The summed E-state index contributed by atoms with van der Waals surface area (Å²) >= 11 is 1.54. The van der Waals surface area contributed by atoms with Crippen LogP contribution in [-0.4, -0.2) is 194 Å². The zero-order valence-electron chi connectivity index (χ0n) is 75.1. The first kappa shape index (κ1) is 87.7. The highest BCUT2D eigenvalue weighted by atomic mass is 32.1.